The van der Waals surface area contributed by atoms with Crippen LogP contribution in [0.5, 0.6) is 0 Å². The molecule has 1 heterocycles. The average Bonchev–Trinajstić information content (AvgIpc) is 2.95. The topological polar surface area (TPSA) is 62.2 Å². The van der Waals surface area contributed by atoms with Crippen molar-refractivity contribution in [2.45, 2.75) is 25.5 Å². The van der Waals surface area contributed by atoms with E-state index in [9.17, 15) is 9.90 Å². The molecular formula is C14H14N2O2S. The van der Waals surface area contributed by atoms with Crippen LogP contribution in [0.2, 0.25) is 0 Å². The van der Waals surface area contributed by atoms with Crippen molar-refractivity contribution >= 4 is 17.2 Å². The van der Waals surface area contributed by atoms with E-state index in [0.29, 0.717) is 11.3 Å². The van der Waals surface area contributed by atoms with Crippen LogP contribution in [0.15, 0.2) is 29.8 Å². The van der Waals surface area contributed by atoms with Gasteiger partial charge in [-0.25, -0.2) is 4.98 Å². The highest BCUT2D eigenvalue weighted by Gasteiger charge is 2.30. The predicted octanol–water partition coefficient (Wildman–Crippen LogP) is 2.36. The Balaban J connectivity index is 1.83. The number of hydrogen-bond donors (Lipinski definition) is 2. The molecule has 0 aliphatic heterocycles. The van der Waals surface area contributed by atoms with Crippen LogP contribution in [0.3, 0.4) is 0 Å². The number of aryl methyl sites for hydroxylation is 1. The van der Waals surface area contributed by atoms with Gasteiger partial charge in [0.05, 0.1) is 23.4 Å². The number of hydrogen-bond acceptors (Lipinski definition) is 4. The van der Waals surface area contributed by atoms with Crippen LogP contribution in [-0.2, 0) is 0 Å². The quantitative estimate of drug-likeness (QED) is 0.883. The summed E-state index contributed by atoms with van der Waals surface area (Å²) in [5.41, 5.74) is 4.33. The summed E-state index contributed by atoms with van der Waals surface area (Å²) in [6.07, 6.45) is 0.0344. The van der Waals surface area contributed by atoms with Gasteiger partial charge in [0.25, 0.3) is 5.91 Å². The Morgan fingerprint density at radius 3 is 2.84 bits per heavy atom. The third-order valence-electron chi connectivity index (χ3n) is 3.45. The number of thiazole rings is 1. The van der Waals surface area contributed by atoms with Crippen LogP contribution in [0.25, 0.3) is 0 Å². The fraction of sp³-hybridized carbons (Fsp3) is 0.286. The molecule has 2 atom stereocenters. The highest BCUT2D eigenvalue weighted by molar-refractivity contribution is 7.11. The third kappa shape index (κ3) is 2.15. The van der Waals surface area contributed by atoms with Crippen LogP contribution >= 0.6 is 11.3 Å². The molecule has 1 amide bonds. The highest BCUT2D eigenvalue weighted by atomic mass is 32.1. The molecule has 0 fully saturated rings. The number of carbonyl (C=O) groups is 1. The second kappa shape index (κ2) is 4.75. The number of nitrogens with zero attached hydrogens (tertiary/aromatic N) is 1. The molecule has 4 nitrogen and oxygen atoms in total. The predicted molar refractivity (Wildman–Crippen MR) is 73.1 cm³/mol. The van der Waals surface area contributed by atoms with E-state index in [4.69, 9.17) is 0 Å². The molecule has 3 rings (SSSR count). The van der Waals surface area contributed by atoms with Gasteiger partial charge in [0.1, 0.15) is 4.88 Å². The third-order valence-corrected chi connectivity index (χ3v) is 4.37. The first-order valence-electron chi connectivity index (χ1n) is 6.14. The number of carbonyl (C=O) groups excluding carboxylic acids is 1. The van der Waals surface area contributed by atoms with Crippen molar-refractivity contribution in [2.24, 2.45) is 0 Å². The van der Waals surface area contributed by atoms with Crippen LogP contribution < -0.4 is 5.32 Å². The van der Waals surface area contributed by atoms with Crippen molar-refractivity contribution < 1.29 is 9.90 Å². The van der Waals surface area contributed by atoms with E-state index in [1.165, 1.54) is 11.3 Å². The summed E-state index contributed by atoms with van der Waals surface area (Å²) < 4.78 is 0. The van der Waals surface area contributed by atoms with E-state index >= 15 is 0 Å². The molecule has 98 valence electrons. The first-order valence-corrected chi connectivity index (χ1v) is 7.02. The van der Waals surface area contributed by atoms with Gasteiger partial charge < -0.3 is 10.4 Å². The molecule has 2 N–H and O–H groups in total. The van der Waals surface area contributed by atoms with Crippen LogP contribution in [0, 0.1) is 6.92 Å². The van der Waals surface area contributed by atoms with Crippen LogP contribution in [0.4, 0.5) is 0 Å². The van der Waals surface area contributed by atoms with Crippen molar-refractivity contribution in [3.05, 3.63) is 51.5 Å². The van der Waals surface area contributed by atoms with Crippen molar-refractivity contribution in [3.8, 4) is 0 Å². The van der Waals surface area contributed by atoms with E-state index < -0.39 is 6.10 Å². The summed E-state index contributed by atoms with van der Waals surface area (Å²) in [4.78, 5) is 16.9. The van der Waals surface area contributed by atoms with Crippen molar-refractivity contribution in [3.63, 3.8) is 0 Å². The minimum absolute atomic E-state index is 0.117. The zero-order valence-electron chi connectivity index (χ0n) is 10.5. The zero-order chi connectivity index (χ0) is 13.4. The van der Waals surface area contributed by atoms with Crippen LogP contribution in [-0.4, -0.2) is 16.0 Å². The number of benzene rings is 1. The lowest BCUT2D eigenvalue weighted by atomic mass is 10.1. The standard InChI is InChI=1S/C14H14N2O2S/c1-8-13(19-7-15-8)14(18)16-11-6-12(17)10-5-3-2-4-9(10)11/h2-5,7,11-12,17H,6H2,1H3,(H,16,18). The number of fused-ring (bicyclic) bond motifs is 1. The van der Waals surface area contributed by atoms with Gasteiger partial charge >= 0.3 is 0 Å². The largest absolute Gasteiger partial charge is 0.388 e. The number of nitrogens with one attached hydrogen (secondary N) is 1. The summed E-state index contributed by atoms with van der Waals surface area (Å²) >= 11 is 1.34. The summed E-state index contributed by atoms with van der Waals surface area (Å²) in [6.45, 7) is 1.82. The van der Waals surface area contributed by atoms with E-state index in [2.05, 4.69) is 10.3 Å². The smallest absolute Gasteiger partial charge is 0.263 e. The number of amides is 1. The molecule has 0 saturated heterocycles. The summed E-state index contributed by atoms with van der Waals surface area (Å²) in [5.74, 6) is -0.117. The van der Waals surface area contributed by atoms with Gasteiger partial charge in [0, 0.05) is 6.42 Å². The van der Waals surface area contributed by atoms with E-state index in [0.717, 1.165) is 16.8 Å². The molecule has 2 aromatic rings. The van der Waals surface area contributed by atoms with E-state index in [1.807, 2.05) is 31.2 Å². The van der Waals surface area contributed by atoms with E-state index in [1.54, 1.807) is 5.51 Å². The monoisotopic (exact) mass is 274 g/mol. The average molecular weight is 274 g/mol. The Kier molecular flexibility index (Phi) is 3.08. The first kappa shape index (κ1) is 12.3. The molecule has 1 aromatic carbocycles. The maximum Gasteiger partial charge on any atom is 0.263 e. The molecule has 0 spiro atoms. The lowest BCUT2D eigenvalue weighted by Crippen LogP contribution is -2.27. The lowest BCUT2D eigenvalue weighted by molar-refractivity contribution is 0.0928. The molecule has 1 aliphatic carbocycles. The Morgan fingerprint density at radius 2 is 2.16 bits per heavy atom. The summed E-state index contributed by atoms with van der Waals surface area (Å²) in [7, 11) is 0. The first-order chi connectivity index (χ1) is 9.16. The van der Waals surface area contributed by atoms with Gasteiger partial charge in [-0.3, -0.25) is 4.79 Å². The molecular weight excluding hydrogens is 260 g/mol. The molecule has 1 aromatic heterocycles. The Hall–Kier alpha value is -1.72. The maximum atomic E-state index is 12.2. The number of aliphatic hydroxyl groups is 1. The Bertz CT molecular complexity index is 623. The fourth-order valence-corrected chi connectivity index (χ4v) is 3.19. The van der Waals surface area contributed by atoms with E-state index in [-0.39, 0.29) is 11.9 Å². The van der Waals surface area contributed by atoms with Gasteiger partial charge in [-0.15, -0.1) is 11.3 Å². The molecule has 0 radical (unpaired) electrons. The molecule has 19 heavy (non-hydrogen) atoms. The van der Waals surface area contributed by atoms with Crippen molar-refractivity contribution in [2.75, 3.05) is 0 Å². The van der Waals surface area contributed by atoms with Gasteiger partial charge in [-0.05, 0) is 18.1 Å². The zero-order valence-corrected chi connectivity index (χ0v) is 11.3. The number of aromatic nitrogens is 1. The molecule has 2 unspecified atom stereocenters. The lowest BCUT2D eigenvalue weighted by Gasteiger charge is -2.13. The number of aliphatic hydroxyl groups excluding tert-OH is 1. The molecule has 1 aliphatic rings. The number of rotatable bonds is 2. The van der Waals surface area contributed by atoms with Gasteiger partial charge in [-0.2, -0.15) is 0 Å². The van der Waals surface area contributed by atoms with Gasteiger partial charge in [0.2, 0.25) is 0 Å². The Labute approximate surface area is 115 Å². The fourth-order valence-electron chi connectivity index (χ4n) is 2.49. The van der Waals surface area contributed by atoms with Crippen LogP contribution in [0.1, 0.15) is 45.1 Å². The maximum absolute atomic E-state index is 12.2. The second-order valence-corrected chi connectivity index (χ2v) is 5.53. The highest BCUT2D eigenvalue weighted by Crippen LogP contribution is 2.38. The summed E-state index contributed by atoms with van der Waals surface area (Å²) in [5, 5.41) is 13.0. The summed E-state index contributed by atoms with van der Waals surface area (Å²) in [6, 6.07) is 7.56. The normalized spacial score (nSPS) is 21.2. The Morgan fingerprint density at radius 1 is 1.42 bits per heavy atom. The minimum atomic E-state index is -0.496. The molecule has 5 heteroatoms. The SMILES string of the molecule is Cc1ncsc1C(=O)NC1CC(O)c2ccccc21. The second-order valence-electron chi connectivity index (χ2n) is 4.67. The molecule has 0 bridgehead atoms. The molecule has 0 saturated carbocycles. The van der Waals surface area contributed by atoms with Gasteiger partial charge in [0.15, 0.2) is 0 Å². The van der Waals surface area contributed by atoms with Crippen molar-refractivity contribution in [1.29, 1.82) is 0 Å². The van der Waals surface area contributed by atoms with Crippen molar-refractivity contribution in [1.82, 2.24) is 10.3 Å². The van der Waals surface area contributed by atoms with Gasteiger partial charge in [-0.1, -0.05) is 24.3 Å². The minimum Gasteiger partial charge on any atom is -0.388 e.